The first kappa shape index (κ1) is 14.3. The molecule has 0 aromatic rings. The molecule has 2 N–H and O–H groups in total. The highest BCUT2D eigenvalue weighted by atomic mass is 16.4. The lowest BCUT2D eigenvalue weighted by molar-refractivity contribution is -0.138. The highest BCUT2D eigenvalue weighted by molar-refractivity contribution is 5.67. The molecule has 3 fully saturated rings. The number of nitrogens with one attached hydrogen (secondary N) is 1. The Kier molecular flexibility index (Phi) is 4.32. The van der Waals surface area contributed by atoms with Crippen molar-refractivity contribution in [3.63, 3.8) is 0 Å². The summed E-state index contributed by atoms with van der Waals surface area (Å²) in [6, 6.07) is 1.21. The quantitative estimate of drug-likeness (QED) is 0.781. The number of carboxylic acids is 1. The first-order valence-electron chi connectivity index (χ1n) is 8.31. The topological polar surface area (TPSA) is 52.6 Å². The average Bonchev–Trinajstić information content (AvgIpc) is 3.17. The molecule has 1 aliphatic heterocycles. The third kappa shape index (κ3) is 3.53. The first-order valence-corrected chi connectivity index (χ1v) is 8.31. The summed E-state index contributed by atoms with van der Waals surface area (Å²) in [5.41, 5.74) is 0. The van der Waals surface area contributed by atoms with Crippen LogP contribution in [0.2, 0.25) is 0 Å². The van der Waals surface area contributed by atoms with Gasteiger partial charge in [0.2, 0.25) is 0 Å². The van der Waals surface area contributed by atoms with E-state index in [4.69, 9.17) is 5.11 Å². The molecule has 4 nitrogen and oxygen atoms in total. The van der Waals surface area contributed by atoms with E-state index in [9.17, 15) is 4.79 Å². The summed E-state index contributed by atoms with van der Waals surface area (Å²) >= 11 is 0. The molecule has 0 bridgehead atoms. The lowest BCUT2D eigenvalue weighted by Gasteiger charge is -2.48. The summed E-state index contributed by atoms with van der Waals surface area (Å²) in [6.45, 7) is 5.58. The first-order chi connectivity index (χ1) is 9.61. The normalized spacial score (nSPS) is 38.5. The largest absolute Gasteiger partial charge is 0.481 e. The molecule has 0 radical (unpaired) electrons. The number of carbonyl (C=O) groups is 1. The zero-order chi connectivity index (χ0) is 14.1. The molecule has 114 valence electrons. The number of rotatable bonds is 6. The number of nitrogens with zero attached hydrogens (tertiary/aromatic N) is 1. The third-order valence-corrected chi connectivity index (χ3v) is 5.46. The van der Waals surface area contributed by atoms with Gasteiger partial charge < -0.3 is 10.4 Å². The highest BCUT2D eigenvalue weighted by Gasteiger charge is 2.38. The fourth-order valence-corrected chi connectivity index (χ4v) is 3.90. The average molecular weight is 280 g/mol. The summed E-state index contributed by atoms with van der Waals surface area (Å²) in [5.74, 6) is 1.37. The number of aliphatic carboxylic acids is 1. The minimum absolute atomic E-state index is 0.325. The second kappa shape index (κ2) is 6.02. The molecule has 0 spiro atoms. The molecule has 1 saturated heterocycles. The Morgan fingerprint density at radius 3 is 2.55 bits per heavy atom. The Bertz CT molecular complexity index is 356. The molecular weight excluding hydrogens is 252 g/mol. The van der Waals surface area contributed by atoms with Crippen LogP contribution in [0.5, 0.6) is 0 Å². The van der Waals surface area contributed by atoms with E-state index >= 15 is 0 Å². The van der Waals surface area contributed by atoms with Gasteiger partial charge in [0, 0.05) is 31.6 Å². The molecule has 3 rings (SSSR count). The molecule has 20 heavy (non-hydrogen) atoms. The number of hydrogen-bond donors (Lipinski definition) is 2. The van der Waals surface area contributed by atoms with Gasteiger partial charge >= 0.3 is 5.97 Å². The van der Waals surface area contributed by atoms with Crippen LogP contribution in [-0.2, 0) is 4.79 Å². The third-order valence-electron chi connectivity index (χ3n) is 5.46. The van der Waals surface area contributed by atoms with Gasteiger partial charge in [-0.2, -0.15) is 0 Å². The van der Waals surface area contributed by atoms with Crippen LogP contribution in [0.3, 0.4) is 0 Å². The molecule has 0 amide bonds. The maximum atomic E-state index is 11.0. The number of likely N-dealkylation sites (tertiary alicyclic amines) is 1. The second-order valence-corrected chi connectivity index (χ2v) is 7.32. The Labute approximate surface area is 121 Å². The highest BCUT2D eigenvalue weighted by Crippen LogP contribution is 2.35. The van der Waals surface area contributed by atoms with Crippen LogP contribution in [0.4, 0.5) is 0 Å². The van der Waals surface area contributed by atoms with Crippen LogP contribution in [-0.4, -0.2) is 47.7 Å². The van der Waals surface area contributed by atoms with Gasteiger partial charge in [-0.1, -0.05) is 6.92 Å². The van der Waals surface area contributed by atoms with E-state index in [-0.39, 0.29) is 0 Å². The molecule has 2 saturated carbocycles. The van der Waals surface area contributed by atoms with Crippen LogP contribution in [0.25, 0.3) is 0 Å². The molecule has 0 aromatic carbocycles. The summed E-state index contributed by atoms with van der Waals surface area (Å²) in [6.07, 6.45) is 6.76. The van der Waals surface area contributed by atoms with Gasteiger partial charge in [0.25, 0.3) is 0 Å². The maximum absolute atomic E-state index is 11.0. The van der Waals surface area contributed by atoms with Crippen molar-refractivity contribution in [2.45, 2.75) is 57.5 Å². The van der Waals surface area contributed by atoms with E-state index in [0.29, 0.717) is 24.4 Å². The monoisotopic (exact) mass is 280 g/mol. The number of piperidine rings is 1. The fraction of sp³-hybridized carbons (Fsp3) is 0.938. The van der Waals surface area contributed by atoms with Crippen LogP contribution < -0.4 is 5.32 Å². The van der Waals surface area contributed by atoms with Crippen molar-refractivity contribution in [3.8, 4) is 0 Å². The van der Waals surface area contributed by atoms with Gasteiger partial charge in [-0.3, -0.25) is 9.69 Å². The molecule has 2 aliphatic carbocycles. The minimum atomic E-state index is -0.639. The second-order valence-electron chi connectivity index (χ2n) is 7.32. The SMILES string of the molecule is CC1CCC1N1CC(CC(=O)O)CC(NCC2CC2)C1. The molecule has 4 heteroatoms. The molecule has 4 atom stereocenters. The molecule has 0 aromatic heterocycles. The zero-order valence-corrected chi connectivity index (χ0v) is 12.6. The fourth-order valence-electron chi connectivity index (χ4n) is 3.90. The van der Waals surface area contributed by atoms with Crippen LogP contribution >= 0.6 is 0 Å². The number of hydrogen-bond acceptors (Lipinski definition) is 3. The van der Waals surface area contributed by atoms with E-state index < -0.39 is 5.97 Å². The van der Waals surface area contributed by atoms with Crippen LogP contribution in [0.1, 0.15) is 45.4 Å². The van der Waals surface area contributed by atoms with E-state index in [0.717, 1.165) is 37.9 Å². The van der Waals surface area contributed by atoms with E-state index in [1.165, 1.54) is 25.7 Å². The standard InChI is InChI=1S/C16H28N2O2/c1-11-2-5-15(11)18-9-13(7-16(19)20)6-14(10-18)17-8-12-3-4-12/h11-15,17H,2-10H2,1H3,(H,19,20). The van der Waals surface area contributed by atoms with Crippen molar-refractivity contribution in [1.82, 2.24) is 10.2 Å². The van der Waals surface area contributed by atoms with Gasteiger partial charge in [0.1, 0.15) is 0 Å². The molecule has 3 aliphatic rings. The molecular formula is C16H28N2O2. The van der Waals surface area contributed by atoms with Gasteiger partial charge in [0.15, 0.2) is 0 Å². The van der Waals surface area contributed by atoms with Crippen molar-refractivity contribution >= 4 is 5.97 Å². The van der Waals surface area contributed by atoms with E-state index in [1.54, 1.807) is 0 Å². The lowest BCUT2D eigenvalue weighted by atomic mass is 9.78. The minimum Gasteiger partial charge on any atom is -0.481 e. The Morgan fingerprint density at radius 1 is 1.20 bits per heavy atom. The van der Waals surface area contributed by atoms with E-state index in [1.807, 2.05) is 0 Å². The van der Waals surface area contributed by atoms with Crippen LogP contribution in [0, 0.1) is 17.8 Å². The van der Waals surface area contributed by atoms with Crippen molar-refractivity contribution in [2.75, 3.05) is 19.6 Å². The lowest BCUT2D eigenvalue weighted by Crippen LogP contribution is -2.57. The van der Waals surface area contributed by atoms with Gasteiger partial charge in [-0.15, -0.1) is 0 Å². The Morgan fingerprint density at radius 2 is 2.00 bits per heavy atom. The maximum Gasteiger partial charge on any atom is 0.303 e. The van der Waals surface area contributed by atoms with Gasteiger partial charge in [0.05, 0.1) is 0 Å². The molecule has 4 unspecified atom stereocenters. The van der Waals surface area contributed by atoms with Crippen molar-refractivity contribution in [2.24, 2.45) is 17.8 Å². The van der Waals surface area contributed by atoms with E-state index in [2.05, 4.69) is 17.1 Å². The Hall–Kier alpha value is -0.610. The predicted octanol–water partition coefficient (Wildman–Crippen LogP) is 1.95. The Balaban J connectivity index is 1.56. The number of carboxylic acid groups (broad SMARTS) is 1. The predicted molar refractivity (Wildman–Crippen MR) is 78.6 cm³/mol. The zero-order valence-electron chi connectivity index (χ0n) is 12.6. The van der Waals surface area contributed by atoms with Crippen molar-refractivity contribution < 1.29 is 9.90 Å². The van der Waals surface area contributed by atoms with Crippen molar-refractivity contribution in [3.05, 3.63) is 0 Å². The summed E-state index contributed by atoms with van der Waals surface area (Å²) in [4.78, 5) is 13.6. The van der Waals surface area contributed by atoms with Crippen molar-refractivity contribution in [1.29, 1.82) is 0 Å². The smallest absolute Gasteiger partial charge is 0.303 e. The summed E-state index contributed by atoms with van der Waals surface area (Å²) < 4.78 is 0. The van der Waals surface area contributed by atoms with Crippen LogP contribution in [0.15, 0.2) is 0 Å². The van der Waals surface area contributed by atoms with Gasteiger partial charge in [-0.05, 0) is 56.4 Å². The summed E-state index contributed by atoms with van der Waals surface area (Å²) in [5, 5.41) is 12.8. The molecule has 1 heterocycles. The summed E-state index contributed by atoms with van der Waals surface area (Å²) in [7, 11) is 0. The van der Waals surface area contributed by atoms with Gasteiger partial charge in [-0.25, -0.2) is 0 Å².